The molecule has 2 N–H and O–H groups in total. The monoisotopic (exact) mass is 269 g/mol. The van der Waals surface area contributed by atoms with Crippen LogP contribution in [0.1, 0.15) is 19.3 Å². The van der Waals surface area contributed by atoms with E-state index in [1.807, 2.05) is 0 Å². The molecule has 100 valence electrons. The highest BCUT2D eigenvalue weighted by Gasteiger charge is 2.39. The predicted octanol–water partition coefficient (Wildman–Crippen LogP) is 0.831. The van der Waals surface area contributed by atoms with E-state index < -0.39 is 10.0 Å². The molecule has 1 aromatic heterocycles. The highest BCUT2D eigenvalue weighted by atomic mass is 32.2. The van der Waals surface area contributed by atoms with Crippen molar-refractivity contribution in [3.8, 4) is 0 Å². The molecule has 1 aliphatic rings. The van der Waals surface area contributed by atoms with Crippen molar-refractivity contribution in [2.45, 2.75) is 24.2 Å². The lowest BCUT2D eigenvalue weighted by Crippen LogP contribution is -2.47. The van der Waals surface area contributed by atoms with Gasteiger partial charge >= 0.3 is 0 Å². The second-order valence-electron chi connectivity index (χ2n) is 5.01. The van der Waals surface area contributed by atoms with Crippen LogP contribution >= 0.6 is 0 Å². The molecule has 0 saturated heterocycles. The maximum Gasteiger partial charge on any atom is 0.244 e. The van der Waals surface area contributed by atoms with Gasteiger partial charge in [-0.25, -0.2) is 12.7 Å². The van der Waals surface area contributed by atoms with E-state index >= 15 is 0 Å². The van der Waals surface area contributed by atoms with Gasteiger partial charge in [-0.2, -0.15) is 0 Å². The molecule has 0 radical (unpaired) electrons. The number of nitrogens with zero attached hydrogens (tertiary/aromatic N) is 2. The predicted molar refractivity (Wildman–Crippen MR) is 69.4 cm³/mol. The van der Waals surface area contributed by atoms with Gasteiger partial charge in [0, 0.05) is 26.0 Å². The largest absolute Gasteiger partial charge is 0.330 e. The molecule has 0 spiro atoms. The van der Waals surface area contributed by atoms with Crippen molar-refractivity contribution in [2.24, 2.45) is 11.1 Å². The maximum absolute atomic E-state index is 12.3. The van der Waals surface area contributed by atoms with E-state index in [4.69, 9.17) is 5.73 Å². The molecule has 0 amide bonds. The molecular weight excluding hydrogens is 250 g/mol. The van der Waals surface area contributed by atoms with Crippen LogP contribution in [0.3, 0.4) is 0 Å². The zero-order valence-corrected chi connectivity index (χ0v) is 11.4. The van der Waals surface area contributed by atoms with E-state index in [1.165, 1.54) is 10.5 Å². The molecule has 0 atom stereocenters. The van der Waals surface area contributed by atoms with Crippen molar-refractivity contribution < 1.29 is 8.42 Å². The fourth-order valence-electron chi connectivity index (χ4n) is 2.34. The Labute approximate surface area is 108 Å². The average Bonchev–Trinajstić information content (AvgIpc) is 2.34. The minimum Gasteiger partial charge on any atom is -0.330 e. The van der Waals surface area contributed by atoms with Crippen LogP contribution in [0.4, 0.5) is 0 Å². The first-order chi connectivity index (χ1) is 8.50. The number of hydrogen-bond acceptors (Lipinski definition) is 4. The van der Waals surface area contributed by atoms with E-state index in [-0.39, 0.29) is 10.3 Å². The molecule has 0 aromatic carbocycles. The Hall–Kier alpha value is -0.980. The summed E-state index contributed by atoms with van der Waals surface area (Å²) in [7, 11) is -1.83. The van der Waals surface area contributed by atoms with Crippen molar-refractivity contribution >= 4 is 10.0 Å². The highest BCUT2D eigenvalue weighted by molar-refractivity contribution is 7.89. The Morgan fingerprint density at radius 2 is 2.22 bits per heavy atom. The van der Waals surface area contributed by atoms with E-state index in [2.05, 4.69) is 4.98 Å². The number of aromatic nitrogens is 1. The topological polar surface area (TPSA) is 76.3 Å². The molecule has 0 bridgehead atoms. The van der Waals surface area contributed by atoms with Gasteiger partial charge in [-0.3, -0.25) is 4.98 Å². The first-order valence-corrected chi connectivity index (χ1v) is 7.51. The number of rotatable bonds is 5. The van der Waals surface area contributed by atoms with Crippen LogP contribution in [0, 0.1) is 5.41 Å². The van der Waals surface area contributed by atoms with Gasteiger partial charge in [0.2, 0.25) is 10.0 Å². The second-order valence-corrected chi connectivity index (χ2v) is 7.05. The van der Waals surface area contributed by atoms with Gasteiger partial charge in [-0.05, 0) is 36.9 Å². The van der Waals surface area contributed by atoms with E-state index in [1.54, 1.807) is 25.4 Å². The summed E-state index contributed by atoms with van der Waals surface area (Å²) in [5.41, 5.74) is 5.74. The first-order valence-electron chi connectivity index (χ1n) is 6.07. The van der Waals surface area contributed by atoms with Gasteiger partial charge in [-0.1, -0.05) is 6.42 Å². The summed E-state index contributed by atoms with van der Waals surface area (Å²) in [6, 6.07) is 3.19. The van der Waals surface area contributed by atoms with Crippen LogP contribution in [-0.2, 0) is 10.0 Å². The normalized spacial score (nSPS) is 18.6. The third kappa shape index (κ3) is 2.41. The standard InChI is InChI=1S/C12H19N3O2S/c1-15(10-12(9-13)5-3-6-12)18(16,17)11-4-2-7-14-8-11/h2,4,7-8H,3,5-6,9-10,13H2,1H3. The lowest BCUT2D eigenvalue weighted by Gasteiger charge is -2.43. The van der Waals surface area contributed by atoms with Crippen LogP contribution in [0.5, 0.6) is 0 Å². The van der Waals surface area contributed by atoms with Crippen molar-refractivity contribution in [3.05, 3.63) is 24.5 Å². The minimum atomic E-state index is -3.44. The summed E-state index contributed by atoms with van der Waals surface area (Å²) in [5.74, 6) is 0. The zero-order valence-electron chi connectivity index (χ0n) is 10.5. The maximum atomic E-state index is 12.3. The summed E-state index contributed by atoms with van der Waals surface area (Å²) in [5, 5.41) is 0. The summed E-state index contributed by atoms with van der Waals surface area (Å²) in [6.45, 7) is 1.03. The molecule has 2 rings (SSSR count). The molecule has 0 unspecified atom stereocenters. The van der Waals surface area contributed by atoms with E-state index in [9.17, 15) is 8.42 Å². The molecular formula is C12H19N3O2S. The molecule has 1 saturated carbocycles. The van der Waals surface area contributed by atoms with E-state index in [0.717, 1.165) is 19.3 Å². The number of pyridine rings is 1. The van der Waals surface area contributed by atoms with Crippen LogP contribution in [0.25, 0.3) is 0 Å². The molecule has 18 heavy (non-hydrogen) atoms. The second kappa shape index (κ2) is 4.95. The SMILES string of the molecule is CN(CC1(CN)CCC1)S(=O)(=O)c1cccnc1. The van der Waals surface area contributed by atoms with Gasteiger partial charge < -0.3 is 5.73 Å². The molecule has 1 fully saturated rings. The van der Waals surface area contributed by atoms with Crippen LogP contribution in [0.15, 0.2) is 29.4 Å². The Balaban J connectivity index is 2.16. The number of hydrogen-bond donors (Lipinski definition) is 1. The lowest BCUT2D eigenvalue weighted by molar-refractivity contribution is 0.118. The Bertz CT molecular complexity index is 492. The molecule has 5 nitrogen and oxygen atoms in total. The fraction of sp³-hybridized carbons (Fsp3) is 0.583. The van der Waals surface area contributed by atoms with Gasteiger partial charge in [-0.15, -0.1) is 0 Å². The smallest absolute Gasteiger partial charge is 0.244 e. The summed E-state index contributed by atoms with van der Waals surface area (Å²) in [4.78, 5) is 4.09. The van der Waals surface area contributed by atoms with Crippen molar-refractivity contribution in [1.29, 1.82) is 0 Å². The van der Waals surface area contributed by atoms with Gasteiger partial charge in [0.05, 0.1) is 0 Å². The lowest BCUT2D eigenvalue weighted by atomic mass is 9.69. The quantitative estimate of drug-likeness (QED) is 0.859. The zero-order chi connectivity index (χ0) is 13.2. The van der Waals surface area contributed by atoms with Crippen LogP contribution in [0.2, 0.25) is 0 Å². The Morgan fingerprint density at radius 1 is 1.50 bits per heavy atom. The Morgan fingerprint density at radius 3 is 2.67 bits per heavy atom. The molecule has 0 aliphatic heterocycles. The van der Waals surface area contributed by atoms with Gasteiger partial charge in [0.25, 0.3) is 0 Å². The fourth-order valence-corrected chi connectivity index (χ4v) is 3.59. The average molecular weight is 269 g/mol. The van der Waals surface area contributed by atoms with Gasteiger partial charge in [0.1, 0.15) is 4.90 Å². The van der Waals surface area contributed by atoms with Crippen molar-refractivity contribution in [1.82, 2.24) is 9.29 Å². The summed E-state index contributed by atoms with van der Waals surface area (Å²) < 4.78 is 26.0. The molecule has 1 aliphatic carbocycles. The summed E-state index contributed by atoms with van der Waals surface area (Å²) >= 11 is 0. The summed E-state index contributed by atoms with van der Waals surface area (Å²) in [6.07, 6.45) is 6.10. The number of nitrogens with two attached hydrogens (primary N) is 1. The third-order valence-electron chi connectivity index (χ3n) is 3.75. The van der Waals surface area contributed by atoms with Crippen molar-refractivity contribution in [3.63, 3.8) is 0 Å². The van der Waals surface area contributed by atoms with Crippen molar-refractivity contribution in [2.75, 3.05) is 20.1 Å². The first kappa shape index (κ1) is 13.5. The highest BCUT2D eigenvalue weighted by Crippen LogP contribution is 2.41. The molecule has 6 heteroatoms. The van der Waals surface area contributed by atoms with Crippen LogP contribution in [-0.4, -0.2) is 37.8 Å². The Kier molecular flexibility index (Phi) is 3.70. The van der Waals surface area contributed by atoms with E-state index in [0.29, 0.717) is 13.1 Å². The number of sulfonamides is 1. The van der Waals surface area contributed by atoms with Gasteiger partial charge in [0.15, 0.2) is 0 Å². The molecule has 1 heterocycles. The third-order valence-corrected chi connectivity index (χ3v) is 5.53. The molecule has 1 aromatic rings. The van der Waals surface area contributed by atoms with Crippen LogP contribution < -0.4 is 5.73 Å². The minimum absolute atomic E-state index is 0.0238.